The van der Waals surface area contributed by atoms with Crippen molar-refractivity contribution in [3.05, 3.63) is 77.7 Å². The van der Waals surface area contributed by atoms with Crippen molar-refractivity contribution in [2.75, 3.05) is 23.3 Å². The van der Waals surface area contributed by atoms with Crippen molar-refractivity contribution < 1.29 is 9.90 Å². The quantitative estimate of drug-likeness (QED) is 0.488. The number of benzene rings is 2. The van der Waals surface area contributed by atoms with E-state index in [9.17, 15) is 9.90 Å². The fraction of sp³-hybridized carbons (Fsp3) is 0.208. The zero-order chi connectivity index (χ0) is 22.1. The van der Waals surface area contributed by atoms with Crippen LogP contribution in [0.25, 0.3) is 16.8 Å². The molecule has 5 rings (SSSR count). The number of aliphatic hydroxyl groups is 1. The Kier molecular flexibility index (Phi) is 5.51. The average Bonchev–Trinajstić information content (AvgIpc) is 3.24. The van der Waals surface area contributed by atoms with Gasteiger partial charge < -0.3 is 15.3 Å². The van der Waals surface area contributed by atoms with E-state index in [0.717, 1.165) is 48.4 Å². The first kappa shape index (κ1) is 20.5. The van der Waals surface area contributed by atoms with Gasteiger partial charge in [-0.25, -0.2) is 9.50 Å². The van der Waals surface area contributed by atoms with E-state index in [2.05, 4.69) is 20.3 Å². The average molecular weight is 448 g/mol. The molecule has 4 aromatic rings. The molecule has 1 amide bonds. The molecule has 0 saturated carbocycles. The summed E-state index contributed by atoms with van der Waals surface area (Å²) in [6, 6.07) is 15.2. The largest absolute Gasteiger partial charge is 0.393 e. The summed E-state index contributed by atoms with van der Waals surface area (Å²) in [6.07, 6.45) is 6.16. The minimum atomic E-state index is -0.257. The first-order valence-corrected chi connectivity index (χ1v) is 10.9. The van der Waals surface area contributed by atoms with Crippen LogP contribution in [0, 0.1) is 0 Å². The molecule has 32 heavy (non-hydrogen) atoms. The lowest BCUT2D eigenvalue weighted by atomic mass is 10.1. The van der Waals surface area contributed by atoms with Crippen molar-refractivity contribution in [2.45, 2.75) is 18.9 Å². The number of nitrogens with zero attached hydrogens (tertiary/aromatic N) is 4. The summed E-state index contributed by atoms with van der Waals surface area (Å²) in [4.78, 5) is 19.7. The molecule has 2 aromatic heterocycles. The molecule has 1 aliphatic rings. The number of piperidine rings is 1. The fourth-order valence-electron chi connectivity index (χ4n) is 3.98. The number of amides is 1. The highest BCUT2D eigenvalue weighted by Gasteiger charge is 2.20. The minimum Gasteiger partial charge on any atom is -0.393 e. The highest BCUT2D eigenvalue weighted by molar-refractivity contribution is 6.30. The SMILES string of the molecule is O=C(Nc1ccccc1N1CCC(O)CC1)c1cnc2c(-c3ccc(Cl)cc3)cnn2c1. The lowest BCUT2D eigenvalue weighted by molar-refractivity contribution is 0.102. The maximum absolute atomic E-state index is 13.0. The van der Waals surface area contributed by atoms with Gasteiger partial charge in [0, 0.05) is 36.1 Å². The van der Waals surface area contributed by atoms with Crippen LogP contribution < -0.4 is 10.2 Å². The topological polar surface area (TPSA) is 82.8 Å². The zero-order valence-corrected chi connectivity index (χ0v) is 18.0. The highest BCUT2D eigenvalue weighted by Crippen LogP contribution is 2.29. The van der Waals surface area contributed by atoms with Gasteiger partial charge in [-0.15, -0.1) is 0 Å². The highest BCUT2D eigenvalue weighted by atomic mass is 35.5. The van der Waals surface area contributed by atoms with Crippen LogP contribution in [-0.4, -0.2) is 44.8 Å². The first-order chi connectivity index (χ1) is 15.6. The third-order valence-electron chi connectivity index (χ3n) is 5.73. The van der Waals surface area contributed by atoms with Crippen LogP contribution in [-0.2, 0) is 0 Å². The van der Waals surface area contributed by atoms with Crippen LogP contribution in [0.5, 0.6) is 0 Å². The number of nitrogens with one attached hydrogen (secondary N) is 1. The summed E-state index contributed by atoms with van der Waals surface area (Å²) in [5.74, 6) is -0.257. The summed E-state index contributed by atoms with van der Waals surface area (Å²) in [5.41, 5.74) is 4.58. The predicted octanol–water partition coefficient (Wildman–Crippen LogP) is 4.26. The number of fused-ring (bicyclic) bond motifs is 1. The van der Waals surface area contributed by atoms with Crippen molar-refractivity contribution in [2.24, 2.45) is 0 Å². The Labute approximate surface area is 190 Å². The number of aromatic nitrogens is 3. The number of halogens is 1. The summed E-state index contributed by atoms with van der Waals surface area (Å²) >= 11 is 5.99. The Morgan fingerprint density at radius 3 is 2.59 bits per heavy atom. The normalized spacial score (nSPS) is 14.6. The van der Waals surface area contributed by atoms with Gasteiger partial charge in [0.1, 0.15) is 0 Å². The van der Waals surface area contributed by atoms with Gasteiger partial charge in [-0.3, -0.25) is 4.79 Å². The van der Waals surface area contributed by atoms with Crippen LogP contribution in [0.1, 0.15) is 23.2 Å². The van der Waals surface area contributed by atoms with Gasteiger partial charge in [-0.1, -0.05) is 35.9 Å². The van der Waals surface area contributed by atoms with Crippen LogP contribution in [0.2, 0.25) is 5.02 Å². The lowest BCUT2D eigenvalue weighted by Crippen LogP contribution is -2.36. The van der Waals surface area contributed by atoms with E-state index >= 15 is 0 Å². The number of para-hydroxylation sites is 2. The molecule has 8 heteroatoms. The Bertz CT molecular complexity index is 1260. The molecule has 1 aliphatic heterocycles. The summed E-state index contributed by atoms with van der Waals surface area (Å²) in [5, 5.41) is 17.8. The van der Waals surface area contributed by atoms with Crippen LogP contribution in [0.4, 0.5) is 11.4 Å². The van der Waals surface area contributed by atoms with Gasteiger partial charge in [0.2, 0.25) is 0 Å². The van der Waals surface area contributed by atoms with Crippen molar-refractivity contribution in [3.63, 3.8) is 0 Å². The van der Waals surface area contributed by atoms with E-state index in [4.69, 9.17) is 11.6 Å². The van der Waals surface area contributed by atoms with E-state index in [-0.39, 0.29) is 12.0 Å². The van der Waals surface area contributed by atoms with Crippen molar-refractivity contribution in [3.8, 4) is 11.1 Å². The second-order valence-corrected chi connectivity index (χ2v) is 8.30. The molecule has 7 nitrogen and oxygen atoms in total. The Morgan fingerprint density at radius 2 is 1.81 bits per heavy atom. The van der Waals surface area contributed by atoms with Crippen LogP contribution in [0.3, 0.4) is 0 Å². The number of carbonyl (C=O) groups excluding carboxylic acids is 1. The van der Waals surface area contributed by atoms with E-state index in [1.54, 1.807) is 23.1 Å². The molecular weight excluding hydrogens is 426 g/mol. The summed E-state index contributed by atoms with van der Waals surface area (Å²) in [6.45, 7) is 1.50. The van der Waals surface area contributed by atoms with Gasteiger partial charge in [0.25, 0.3) is 5.91 Å². The Hall–Kier alpha value is -3.42. The van der Waals surface area contributed by atoms with E-state index < -0.39 is 0 Å². The van der Waals surface area contributed by atoms with Gasteiger partial charge in [0.15, 0.2) is 5.65 Å². The van der Waals surface area contributed by atoms with Crippen molar-refractivity contribution >= 4 is 34.5 Å². The van der Waals surface area contributed by atoms with Gasteiger partial charge in [-0.05, 0) is 42.7 Å². The molecule has 0 radical (unpaired) electrons. The monoisotopic (exact) mass is 447 g/mol. The molecule has 1 fully saturated rings. The molecule has 2 N–H and O–H groups in total. The van der Waals surface area contributed by atoms with E-state index in [0.29, 0.717) is 16.2 Å². The Morgan fingerprint density at radius 1 is 1.06 bits per heavy atom. The standard InChI is InChI=1S/C24H22ClN5O2/c25-18-7-5-16(6-8-18)20-14-27-30-15-17(13-26-23(20)30)24(32)28-21-3-1-2-4-22(21)29-11-9-19(31)10-12-29/h1-8,13-15,19,31H,9-12H2,(H,28,32). The van der Waals surface area contributed by atoms with Crippen molar-refractivity contribution in [1.29, 1.82) is 0 Å². The second-order valence-electron chi connectivity index (χ2n) is 7.87. The second kappa shape index (κ2) is 8.61. The fourth-order valence-corrected chi connectivity index (χ4v) is 4.11. The number of hydrogen-bond acceptors (Lipinski definition) is 5. The zero-order valence-electron chi connectivity index (χ0n) is 17.3. The third-order valence-corrected chi connectivity index (χ3v) is 5.98. The third kappa shape index (κ3) is 4.04. The van der Waals surface area contributed by atoms with Crippen LogP contribution >= 0.6 is 11.6 Å². The molecule has 0 spiro atoms. The number of rotatable bonds is 4. The molecule has 0 atom stereocenters. The van der Waals surface area contributed by atoms with Gasteiger partial charge >= 0.3 is 0 Å². The smallest absolute Gasteiger partial charge is 0.258 e. The maximum Gasteiger partial charge on any atom is 0.258 e. The molecule has 1 saturated heterocycles. The number of carbonyl (C=O) groups is 1. The van der Waals surface area contributed by atoms with E-state index in [1.807, 2.05) is 48.5 Å². The lowest BCUT2D eigenvalue weighted by Gasteiger charge is -2.32. The minimum absolute atomic E-state index is 0.252. The Balaban J connectivity index is 1.39. The molecule has 2 aromatic carbocycles. The van der Waals surface area contributed by atoms with Gasteiger partial charge in [0.05, 0.1) is 29.2 Å². The molecular formula is C24H22ClN5O2. The number of hydrogen-bond donors (Lipinski definition) is 2. The predicted molar refractivity (Wildman–Crippen MR) is 125 cm³/mol. The molecule has 3 heterocycles. The first-order valence-electron chi connectivity index (χ1n) is 10.5. The molecule has 0 unspecified atom stereocenters. The molecule has 0 bridgehead atoms. The number of anilines is 2. The van der Waals surface area contributed by atoms with Gasteiger partial charge in [-0.2, -0.15) is 5.10 Å². The number of aliphatic hydroxyl groups excluding tert-OH is 1. The van der Waals surface area contributed by atoms with Crippen molar-refractivity contribution in [1.82, 2.24) is 14.6 Å². The van der Waals surface area contributed by atoms with Crippen LogP contribution in [0.15, 0.2) is 67.1 Å². The molecule has 0 aliphatic carbocycles. The van der Waals surface area contributed by atoms with E-state index in [1.165, 1.54) is 0 Å². The summed E-state index contributed by atoms with van der Waals surface area (Å²) < 4.78 is 1.61. The molecule has 162 valence electrons. The maximum atomic E-state index is 13.0. The summed E-state index contributed by atoms with van der Waals surface area (Å²) in [7, 11) is 0.